The van der Waals surface area contributed by atoms with E-state index in [9.17, 15) is 13.2 Å². The molecule has 82 valence electrons. The number of nitrogens with one attached hydrogen (secondary N) is 2. The van der Waals surface area contributed by atoms with Crippen molar-refractivity contribution in [3.8, 4) is 0 Å². The molecule has 0 spiro atoms. The number of carbonyl (C=O) groups is 1. The molecule has 0 atom stereocenters. The zero-order valence-electron chi connectivity index (χ0n) is 8.44. The molecule has 0 aliphatic heterocycles. The summed E-state index contributed by atoms with van der Waals surface area (Å²) in [5.41, 5.74) is 0.543. The highest BCUT2D eigenvalue weighted by molar-refractivity contribution is 7.90. The van der Waals surface area contributed by atoms with E-state index in [0.29, 0.717) is 5.69 Å². The number of sulfone groups is 1. The lowest BCUT2D eigenvalue weighted by Gasteiger charge is -2.04. The molecular formula is C9H12N2O3S. The number of anilines is 1. The van der Waals surface area contributed by atoms with Gasteiger partial charge in [0.15, 0.2) is 9.84 Å². The lowest BCUT2D eigenvalue weighted by molar-refractivity contribution is 0.254. The van der Waals surface area contributed by atoms with Gasteiger partial charge in [0.2, 0.25) is 0 Å². The lowest BCUT2D eigenvalue weighted by Crippen LogP contribution is -2.24. The third-order valence-electron chi connectivity index (χ3n) is 1.77. The van der Waals surface area contributed by atoms with Crippen molar-refractivity contribution in [3.05, 3.63) is 24.3 Å². The van der Waals surface area contributed by atoms with Gasteiger partial charge in [-0.15, -0.1) is 0 Å². The zero-order valence-corrected chi connectivity index (χ0v) is 9.26. The number of urea groups is 1. The molecule has 0 bridgehead atoms. The van der Waals surface area contributed by atoms with Crippen LogP contribution < -0.4 is 10.6 Å². The van der Waals surface area contributed by atoms with Crippen molar-refractivity contribution in [1.82, 2.24) is 5.32 Å². The van der Waals surface area contributed by atoms with Crippen LogP contribution in [-0.4, -0.2) is 27.8 Å². The molecular weight excluding hydrogens is 216 g/mol. The summed E-state index contributed by atoms with van der Waals surface area (Å²) in [6.45, 7) is 0. The minimum atomic E-state index is -3.18. The van der Waals surface area contributed by atoms with Crippen LogP contribution in [0.2, 0.25) is 0 Å². The summed E-state index contributed by atoms with van der Waals surface area (Å²) in [4.78, 5) is 11.1. The van der Waals surface area contributed by atoms with Crippen LogP contribution in [0.5, 0.6) is 0 Å². The van der Waals surface area contributed by atoms with E-state index in [4.69, 9.17) is 0 Å². The fourth-order valence-electron chi connectivity index (χ4n) is 0.979. The lowest BCUT2D eigenvalue weighted by atomic mass is 10.3. The Labute approximate surface area is 88.4 Å². The van der Waals surface area contributed by atoms with E-state index >= 15 is 0 Å². The smallest absolute Gasteiger partial charge is 0.318 e. The van der Waals surface area contributed by atoms with E-state index in [1.165, 1.54) is 31.3 Å². The van der Waals surface area contributed by atoms with E-state index in [1.807, 2.05) is 0 Å². The SMILES string of the molecule is CNC(=O)Nc1ccc(S(C)(=O)=O)cc1. The van der Waals surface area contributed by atoms with Gasteiger partial charge in [0.25, 0.3) is 0 Å². The van der Waals surface area contributed by atoms with Gasteiger partial charge in [-0.1, -0.05) is 0 Å². The molecule has 5 nitrogen and oxygen atoms in total. The highest BCUT2D eigenvalue weighted by Crippen LogP contribution is 2.13. The number of amides is 2. The van der Waals surface area contributed by atoms with Gasteiger partial charge in [0.05, 0.1) is 4.90 Å². The van der Waals surface area contributed by atoms with Crippen molar-refractivity contribution >= 4 is 21.6 Å². The average Bonchev–Trinajstić information content (AvgIpc) is 2.17. The predicted octanol–water partition coefficient (Wildman–Crippen LogP) is 0.841. The van der Waals surface area contributed by atoms with Gasteiger partial charge in [-0.2, -0.15) is 0 Å². The number of hydrogen-bond donors (Lipinski definition) is 2. The van der Waals surface area contributed by atoms with Gasteiger partial charge in [0.1, 0.15) is 0 Å². The van der Waals surface area contributed by atoms with Gasteiger partial charge in [0, 0.05) is 19.0 Å². The van der Waals surface area contributed by atoms with E-state index < -0.39 is 9.84 Å². The Morgan fingerprint density at radius 3 is 2.13 bits per heavy atom. The maximum Gasteiger partial charge on any atom is 0.318 e. The highest BCUT2D eigenvalue weighted by Gasteiger charge is 2.06. The van der Waals surface area contributed by atoms with Crippen LogP contribution in [0.15, 0.2) is 29.2 Å². The van der Waals surface area contributed by atoms with Gasteiger partial charge < -0.3 is 10.6 Å². The van der Waals surface area contributed by atoms with E-state index in [-0.39, 0.29) is 10.9 Å². The maximum absolute atomic E-state index is 11.1. The molecule has 0 fully saturated rings. The van der Waals surface area contributed by atoms with Crippen molar-refractivity contribution in [2.75, 3.05) is 18.6 Å². The Morgan fingerprint density at radius 2 is 1.73 bits per heavy atom. The highest BCUT2D eigenvalue weighted by atomic mass is 32.2. The predicted molar refractivity (Wildman–Crippen MR) is 57.6 cm³/mol. The van der Waals surface area contributed by atoms with Gasteiger partial charge in [-0.05, 0) is 24.3 Å². The van der Waals surface area contributed by atoms with Crippen molar-refractivity contribution < 1.29 is 13.2 Å². The Morgan fingerprint density at radius 1 is 1.20 bits per heavy atom. The summed E-state index contributed by atoms with van der Waals surface area (Å²) in [6, 6.07) is 5.61. The average molecular weight is 228 g/mol. The van der Waals surface area contributed by atoms with Crippen molar-refractivity contribution in [2.45, 2.75) is 4.90 Å². The second-order valence-corrected chi connectivity index (χ2v) is 5.02. The Hall–Kier alpha value is -1.56. The summed E-state index contributed by atoms with van der Waals surface area (Å²) in [6.07, 6.45) is 1.13. The summed E-state index contributed by atoms with van der Waals surface area (Å²) >= 11 is 0. The summed E-state index contributed by atoms with van der Waals surface area (Å²) < 4.78 is 22.2. The molecule has 0 heterocycles. The van der Waals surface area contributed by atoms with Crippen LogP contribution in [0, 0.1) is 0 Å². The van der Waals surface area contributed by atoms with Crippen LogP contribution in [0.25, 0.3) is 0 Å². The fraction of sp³-hybridized carbons (Fsp3) is 0.222. The van der Waals surface area contributed by atoms with Crippen LogP contribution >= 0.6 is 0 Å². The van der Waals surface area contributed by atoms with Crippen LogP contribution in [-0.2, 0) is 9.84 Å². The first kappa shape index (κ1) is 11.5. The van der Waals surface area contributed by atoms with Crippen molar-refractivity contribution in [2.24, 2.45) is 0 Å². The van der Waals surface area contributed by atoms with Gasteiger partial charge in [-0.25, -0.2) is 13.2 Å². The summed E-state index contributed by atoms with van der Waals surface area (Å²) in [7, 11) is -1.68. The third kappa shape index (κ3) is 3.25. The number of hydrogen-bond acceptors (Lipinski definition) is 3. The molecule has 0 saturated carbocycles. The minimum Gasteiger partial charge on any atom is -0.341 e. The Balaban J connectivity index is 2.86. The first-order valence-electron chi connectivity index (χ1n) is 4.22. The summed E-state index contributed by atoms with van der Waals surface area (Å²) in [5, 5.41) is 4.92. The monoisotopic (exact) mass is 228 g/mol. The molecule has 0 aliphatic rings. The topological polar surface area (TPSA) is 75.3 Å². The number of benzene rings is 1. The first-order valence-corrected chi connectivity index (χ1v) is 6.11. The van der Waals surface area contributed by atoms with Crippen molar-refractivity contribution in [3.63, 3.8) is 0 Å². The minimum absolute atomic E-state index is 0.227. The number of rotatable bonds is 2. The molecule has 1 rings (SSSR count). The molecule has 2 N–H and O–H groups in total. The molecule has 2 amide bonds. The van der Waals surface area contributed by atoms with Crippen molar-refractivity contribution in [1.29, 1.82) is 0 Å². The van der Waals surface area contributed by atoms with Gasteiger partial charge in [-0.3, -0.25) is 0 Å². The molecule has 1 aromatic carbocycles. The molecule has 0 radical (unpaired) electrons. The van der Waals surface area contributed by atoms with Crippen LogP contribution in [0.3, 0.4) is 0 Å². The second kappa shape index (κ2) is 4.31. The van der Waals surface area contributed by atoms with Crippen LogP contribution in [0.4, 0.5) is 10.5 Å². The Bertz CT molecular complexity index is 451. The van der Waals surface area contributed by atoms with E-state index in [2.05, 4.69) is 10.6 Å². The molecule has 0 aliphatic carbocycles. The molecule has 0 unspecified atom stereocenters. The molecule has 0 aromatic heterocycles. The second-order valence-electron chi connectivity index (χ2n) is 3.00. The molecule has 6 heteroatoms. The third-order valence-corrected chi connectivity index (χ3v) is 2.90. The quantitative estimate of drug-likeness (QED) is 0.787. The Kier molecular flexibility index (Phi) is 3.31. The standard InChI is InChI=1S/C9H12N2O3S/c1-10-9(12)11-7-3-5-8(6-4-7)15(2,13)14/h3-6H,1-2H3,(H2,10,11,12). The van der Waals surface area contributed by atoms with Crippen LogP contribution in [0.1, 0.15) is 0 Å². The fourth-order valence-corrected chi connectivity index (χ4v) is 1.61. The maximum atomic E-state index is 11.1. The van der Waals surface area contributed by atoms with E-state index in [1.54, 1.807) is 0 Å². The normalized spacial score (nSPS) is 10.8. The number of carbonyl (C=O) groups excluding carboxylic acids is 1. The first-order chi connectivity index (χ1) is 6.93. The molecule has 0 saturated heterocycles. The largest absolute Gasteiger partial charge is 0.341 e. The van der Waals surface area contributed by atoms with Gasteiger partial charge >= 0.3 is 6.03 Å². The summed E-state index contributed by atoms with van der Waals surface area (Å²) in [5.74, 6) is 0. The zero-order chi connectivity index (χ0) is 11.5. The molecule has 15 heavy (non-hydrogen) atoms. The van der Waals surface area contributed by atoms with E-state index in [0.717, 1.165) is 6.26 Å². The molecule has 1 aromatic rings.